The molecule has 7 nitrogen and oxygen atoms in total. The zero-order chi connectivity index (χ0) is 21.3. The topological polar surface area (TPSA) is 90.5 Å². The van der Waals surface area contributed by atoms with Crippen molar-refractivity contribution in [3.63, 3.8) is 0 Å². The van der Waals surface area contributed by atoms with Crippen molar-refractivity contribution in [2.45, 2.75) is 50.5 Å². The number of aryl methyl sites for hydroxylation is 1. The van der Waals surface area contributed by atoms with Gasteiger partial charge in [0, 0.05) is 26.1 Å². The molecule has 5 aliphatic rings. The Bertz CT molecular complexity index is 1050. The van der Waals surface area contributed by atoms with Gasteiger partial charge in [-0.2, -0.15) is 0 Å². The highest BCUT2D eigenvalue weighted by atomic mass is 16.6. The van der Waals surface area contributed by atoms with Crippen LogP contribution in [0.15, 0.2) is 24.3 Å². The third kappa shape index (κ3) is 2.88. The van der Waals surface area contributed by atoms with Gasteiger partial charge in [0.25, 0.3) is 0 Å². The molecule has 164 valence electrons. The van der Waals surface area contributed by atoms with Gasteiger partial charge < -0.3 is 19.9 Å². The van der Waals surface area contributed by atoms with E-state index in [0.717, 1.165) is 55.4 Å². The molecule has 2 heterocycles. The third-order valence-electron chi connectivity index (χ3n) is 8.58. The number of likely N-dealkylation sites (tertiary alicyclic amines) is 1. The lowest BCUT2D eigenvalue weighted by Gasteiger charge is -2.58. The van der Waals surface area contributed by atoms with Crippen LogP contribution in [0.25, 0.3) is 11.0 Å². The zero-order valence-electron chi connectivity index (χ0n) is 18.0. The molecule has 1 aliphatic heterocycles. The zero-order valence-corrected chi connectivity index (χ0v) is 18.0. The number of imidazole rings is 1. The fourth-order valence-corrected chi connectivity index (χ4v) is 7.33. The number of aromatic nitrogens is 2. The minimum Gasteiger partial charge on any atom is -0.446 e. The van der Waals surface area contributed by atoms with Crippen molar-refractivity contribution >= 4 is 23.0 Å². The first-order chi connectivity index (χ1) is 14.9. The van der Waals surface area contributed by atoms with E-state index in [0.29, 0.717) is 19.0 Å². The van der Waals surface area contributed by atoms with E-state index in [9.17, 15) is 9.59 Å². The van der Waals surface area contributed by atoms with Gasteiger partial charge in [0.2, 0.25) is 5.91 Å². The van der Waals surface area contributed by atoms with E-state index in [2.05, 4.69) is 17.7 Å². The maximum Gasteiger partial charge on any atom is 0.410 e. The van der Waals surface area contributed by atoms with Gasteiger partial charge in [-0.3, -0.25) is 4.79 Å². The molecule has 4 aliphatic carbocycles. The molecule has 4 bridgehead atoms. The van der Waals surface area contributed by atoms with Crippen molar-refractivity contribution in [1.29, 1.82) is 0 Å². The Labute approximate surface area is 181 Å². The SMILES string of the molecule is Cn1c(C2CCN(C(=O)OC3[C@@H]4CC5C[C@H]3CC(C(N)=O)(C5)C4)C2)nc2ccccc21. The van der Waals surface area contributed by atoms with Gasteiger partial charge in [-0.25, -0.2) is 9.78 Å². The molecular weight excluding hydrogens is 392 g/mol. The second-order valence-corrected chi connectivity index (χ2v) is 10.4. The summed E-state index contributed by atoms with van der Waals surface area (Å²) in [6, 6.07) is 8.15. The fourth-order valence-electron chi connectivity index (χ4n) is 7.33. The summed E-state index contributed by atoms with van der Waals surface area (Å²) in [7, 11) is 2.05. The molecule has 4 unspecified atom stereocenters. The third-order valence-corrected chi connectivity index (χ3v) is 8.58. The van der Waals surface area contributed by atoms with Crippen LogP contribution in [0.5, 0.6) is 0 Å². The van der Waals surface area contributed by atoms with Gasteiger partial charge in [-0.1, -0.05) is 12.1 Å². The molecule has 31 heavy (non-hydrogen) atoms. The van der Waals surface area contributed by atoms with Crippen molar-refractivity contribution < 1.29 is 14.3 Å². The maximum atomic E-state index is 13.1. The lowest BCUT2D eigenvalue weighted by Crippen LogP contribution is -2.59. The van der Waals surface area contributed by atoms with Gasteiger partial charge in [0.05, 0.1) is 16.4 Å². The quantitative estimate of drug-likeness (QED) is 0.823. The molecule has 0 spiro atoms. The Kier molecular flexibility index (Phi) is 4.14. The fraction of sp³-hybridized carbons (Fsp3) is 0.625. The molecule has 1 saturated heterocycles. The number of amides is 2. The van der Waals surface area contributed by atoms with Crippen LogP contribution in [0.3, 0.4) is 0 Å². The van der Waals surface area contributed by atoms with Crippen LogP contribution in [0.4, 0.5) is 4.79 Å². The Balaban J connectivity index is 1.15. The van der Waals surface area contributed by atoms with Crippen LogP contribution >= 0.6 is 0 Å². The first-order valence-corrected chi connectivity index (χ1v) is 11.6. The van der Waals surface area contributed by atoms with Gasteiger partial charge >= 0.3 is 6.09 Å². The predicted molar refractivity (Wildman–Crippen MR) is 115 cm³/mol. The molecule has 4 saturated carbocycles. The summed E-state index contributed by atoms with van der Waals surface area (Å²) >= 11 is 0. The van der Waals surface area contributed by atoms with E-state index in [4.69, 9.17) is 15.5 Å². The highest BCUT2D eigenvalue weighted by molar-refractivity contribution is 5.81. The normalized spacial score (nSPS) is 36.3. The summed E-state index contributed by atoms with van der Waals surface area (Å²) in [5.41, 5.74) is 7.56. The van der Waals surface area contributed by atoms with E-state index in [1.807, 2.05) is 23.1 Å². The van der Waals surface area contributed by atoms with Gasteiger partial charge in [-0.05, 0) is 68.4 Å². The Morgan fingerprint density at radius 2 is 1.90 bits per heavy atom. The molecule has 1 aromatic carbocycles. The molecule has 2 N–H and O–H groups in total. The summed E-state index contributed by atoms with van der Waals surface area (Å²) < 4.78 is 8.27. The van der Waals surface area contributed by atoms with Crippen LogP contribution in [0.1, 0.15) is 50.3 Å². The second-order valence-electron chi connectivity index (χ2n) is 10.4. The van der Waals surface area contributed by atoms with Crippen molar-refractivity contribution in [3.8, 4) is 0 Å². The van der Waals surface area contributed by atoms with Gasteiger partial charge in [0.1, 0.15) is 11.9 Å². The molecule has 0 radical (unpaired) electrons. The van der Waals surface area contributed by atoms with Crippen molar-refractivity contribution in [3.05, 3.63) is 30.1 Å². The van der Waals surface area contributed by atoms with E-state index in [1.54, 1.807) is 0 Å². The number of nitrogens with two attached hydrogens (primary N) is 1. The summed E-state index contributed by atoms with van der Waals surface area (Å²) in [5.74, 6) is 2.23. The van der Waals surface area contributed by atoms with E-state index in [1.165, 1.54) is 0 Å². The molecule has 7 heteroatoms. The molecule has 5 fully saturated rings. The largest absolute Gasteiger partial charge is 0.446 e. The predicted octanol–water partition coefficient (Wildman–Crippen LogP) is 3.18. The molecule has 2 amide bonds. The number of rotatable bonds is 3. The van der Waals surface area contributed by atoms with Crippen LogP contribution in [0.2, 0.25) is 0 Å². The molecule has 2 aromatic rings. The van der Waals surface area contributed by atoms with Crippen LogP contribution in [-0.2, 0) is 16.6 Å². The van der Waals surface area contributed by atoms with Crippen molar-refractivity contribution in [1.82, 2.24) is 14.5 Å². The molecule has 6 atom stereocenters. The number of carbonyl (C=O) groups is 2. The number of fused-ring (bicyclic) bond motifs is 1. The lowest BCUT2D eigenvalue weighted by molar-refractivity contribution is -0.161. The first kappa shape index (κ1) is 19.1. The van der Waals surface area contributed by atoms with Crippen LogP contribution in [0, 0.1) is 23.2 Å². The van der Waals surface area contributed by atoms with Crippen molar-refractivity contribution in [2.75, 3.05) is 13.1 Å². The highest BCUT2D eigenvalue weighted by Crippen LogP contribution is 2.60. The summed E-state index contributed by atoms with van der Waals surface area (Å²) in [4.78, 5) is 31.9. The monoisotopic (exact) mass is 422 g/mol. The van der Waals surface area contributed by atoms with Crippen LogP contribution in [-0.4, -0.2) is 45.6 Å². The van der Waals surface area contributed by atoms with E-state index < -0.39 is 0 Å². The Morgan fingerprint density at radius 3 is 2.61 bits per heavy atom. The molecule has 7 rings (SSSR count). The Hall–Kier alpha value is -2.57. The summed E-state index contributed by atoms with van der Waals surface area (Å²) in [5, 5.41) is 0. The average molecular weight is 423 g/mol. The van der Waals surface area contributed by atoms with Gasteiger partial charge in [0.15, 0.2) is 0 Å². The maximum absolute atomic E-state index is 13.1. The minimum atomic E-state index is -0.349. The minimum absolute atomic E-state index is 0.0636. The molecular formula is C24H30N4O3. The van der Waals surface area contributed by atoms with E-state index >= 15 is 0 Å². The number of nitrogens with zero attached hydrogens (tertiary/aromatic N) is 3. The standard InChI is InChI=1S/C24H30N4O3/c1-27-19-5-3-2-4-18(19)26-21(27)15-6-7-28(13-15)23(30)31-20-16-8-14-9-17(20)12-24(10-14,11-16)22(25)29/h2-5,14-17,20H,6-13H2,1H3,(H2,25,29)/t14?,15?,16-,17+,20?,24?. The average Bonchev–Trinajstić information content (AvgIpc) is 3.35. The van der Waals surface area contributed by atoms with E-state index in [-0.39, 0.29) is 41.3 Å². The molecule has 1 aromatic heterocycles. The number of hydrogen-bond donors (Lipinski definition) is 1. The second kappa shape index (κ2) is 6.71. The number of hydrogen-bond acceptors (Lipinski definition) is 4. The lowest BCUT2D eigenvalue weighted by atomic mass is 9.48. The summed E-state index contributed by atoms with van der Waals surface area (Å²) in [6.45, 7) is 1.34. The van der Waals surface area contributed by atoms with Gasteiger partial charge in [-0.15, -0.1) is 0 Å². The summed E-state index contributed by atoms with van der Waals surface area (Å²) in [6.07, 6.45) is 5.26. The number of carbonyl (C=O) groups excluding carboxylic acids is 2. The highest BCUT2D eigenvalue weighted by Gasteiger charge is 2.59. The number of primary amides is 1. The number of benzene rings is 1. The smallest absolute Gasteiger partial charge is 0.410 e. The van der Waals surface area contributed by atoms with Crippen molar-refractivity contribution in [2.24, 2.45) is 36.0 Å². The number of ether oxygens (including phenoxy) is 1. The Morgan fingerprint density at radius 1 is 1.16 bits per heavy atom. The van der Waals surface area contributed by atoms with Crippen LogP contribution < -0.4 is 5.73 Å². The first-order valence-electron chi connectivity index (χ1n) is 11.6. The number of para-hydroxylation sites is 2.